The Labute approximate surface area is 116 Å². The maximum Gasteiger partial charge on any atom is 0.269 e. The van der Waals surface area contributed by atoms with Gasteiger partial charge in [0, 0.05) is 18.7 Å². The van der Waals surface area contributed by atoms with E-state index in [-0.39, 0.29) is 5.69 Å². The summed E-state index contributed by atoms with van der Waals surface area (Å²) in [5.41, 5.74) is 1.10. The van der Waals surface area contributed by atoms with E-state index in [2.05, 4.69) is 16.2 Å². The molecule has 20 heavy (non-hydrogen) atoms. The van der Waals surface area contributed by atoms with Gasteiger partial charge in [0.05, 0.1) is 4.92 Å². The van der Waals surface area contributed by atoms with Gasteiger partial charge in [-0.15, -0.1) is 0 Å². The highest BCUT2D eigenvalue weighted by Gasteiger charge is 2.01. The summed E-state index contributed by atoms with van der Waals surface area (Å²) in [6, 6.07) is 6.54. The first-order valence-corrected chi connectivity index (χ1v) is 6.49. The Morgan fingerprint density at radius 2 is 2.05 bits per heavy atom. The number of hydrogen-bond acceptors (Lipinski definition) is 4. The average Bonchev–Trinajstić information content (AvgIpc) is 2.96. The number of hydrogen-bond donors (Lipinski definition) is 0. The summed E-state index contributed by atoms with van der Waals surface area (Å²) in [6.07, 6.45) is 10.4. The van der Waals surface area contributed by atoms with Gasteiger partial charge in [-0.1, -0.05) is 12.2 Å². The summed E-state index contributed by atoms with van der Waals surface area (Å²) in [5, 5.41) is 14.6. The number of nitro benzene ring substituents is 1. The highest BCUT2D eigenvalue weighted by molar-refractivity contribution is 5.51. The minimum absolute atomic E-state index is 0.120. The molecular weight excluding hydrogens is 256 g/mol. The van der Waals surface area contributed by atoms with Gasteiger partial charge < -0.3 is 0 Å². The third-order valence-electron chi connectivity index (χ3n) is 2.89. The molecule has 1 aromatic carbocycles. The SMILES string of the molecule is O=[N+]([O-])c1ccc(/C=C/CCCCn2cncn2)cc1. The number of benzene rings is 1. The molecule has 2 aromatic rings. The molecule has 0 spiro atoms. The first-order chi connectivity index (χ1) is 9.75. The van der Waals surface area contributed by atoms with Gasteiger partial charge in [0.25, 0.3) is 5.69 Å². The number of rotatable bonds is 7. The van der Waals surface area contributed by atoms with Crippen LogP contribution in [0.25, 0.3) is 6.08 Å². The van der Waals surface area contributed by atoms with Crippen LogP contribution >= 0.6 is 0 Å². The second-order valence-corrected chi connectivity index (χ2v) is 4.41. The maximum absolute atomic E-state index is 10.5. The molecule has 104 valence electrons. The van der Waals surface area contributed by atoms with Crippen molar-refractivity contribution in [3.8, 4) is 0 Å². The fraction of sp³-hybridized carbons (Fsp3) is 0.286. The van der Waals surface area contributed by atoms with E-state index in [1.807, 2.05) is 10.8 Å². The van der Waals surface area contributed by atoms with Gasteiger partial charge in [-0.3, -0.25) is 14.8 Å². The van der Waals surface area contributed by atoms with E-state index in [9.17, 15) is 10.1 Å². The number of aromatic nitrogens is 3. The minimum atomic E-state index is -0.391. The Balaban J connectivity index is 1.69. The van der Waals surface area contributed by atoms with E-state index >= 15 is 0 Å². The Morgan fingerprint density at radius 3 is 2.70 bits per heavy atom. The third-order valence-corrected chi connectivity index (χ3v) is 2.89. The largest absolute Gasteiger partial charge is 0.269 e. The van der Waals surface area contributed by atoms with Gasteiger partial charge in [-0.05, 0) is 37.0 Å². The van der Waals surface area contributed by atoms with Crippen LogP contribution in [0.3, 0.4) is 0 Å². The normalized spacial score (nSPS) is 11.0. The smallest absolute Gasteiger partial charge is 0.258 e. The van der Waals surface area contributed by atoms with Gasteiger partial charge in [-0.2, -0.15) is 5.10 Å². The van der Waals surface area contributed by atoms with Gasteiger partial charge in [-0.25, -0.2) is 4.98 Å². The van der Waals surface area contributed by atoms with Gasteiger partial charge in [0.2, 0.25) is 0 Å². The lowest BCUT2D eigenvalue weighted by Crippen LogP contribution is -1.97. The highest BCUT2D eigenvalue weighted by atomic mass is 16.6. The molecule has 0 saturated heterocycles. The lowest BCUT2D eigenvalue weighted by Gasteiger charge is -1.98. The summed E-state index contributed by atoms with van der Waals surface area (Å²) in [4.78, 5) is 14.0. The van der Waals surface area contributed by atoms with Crippen LogP contribution in [0.1, 0.15) is 24.8 Å². The zero-order chi connectivity index (χ0) is 14.2. The summed E-state index contributed by atoms with van der Waals surface area (Å²) in [5.74, 6) is 0. The summed E-state index contributed by atoms with van der Waals surface area (Å²) < 4.78 is 1.82. The van der Waals surface area contributed by atoms with E-state index in [1.165, 1.54) is 18.5 Å². The van der Waals surface area contributed by atoms with Crippen LogP contribution in [0.2, 0.25) is 0 Å². The molecule has 0 atom stereocenters. The van der Waals surface area contributed by atoms with Crippen molar-refractivity contribution < 1.29 is 4.92 Å². The van der Waals surface area contributed by atoms with Crippen molar-refractivity contribution in [2.75, 3.05) is 0 Å². The molecule has 0 aliphatic carbocycles. The molecule has 0 N–H and O–H groups in total. The van der Waals surface area contributed by atoms with E-state index < -0.39 is 4.92 Å². The van der Waals surface area contributed by atoms with Crippen LogP contribution in [0.4, 0.5) is 5.69 Å². The van der Waals surface area contributed by atoms with Crippen molar-refractivity contribution in [1.29, 1.82) is 0 Å². The number of non-ortho nitro benzene ring substituents is 1. The first kappa shape index (κ1) is 13.9. The zero-order valence-electron chi connectivity index (χ0n) is 11.1. The van der Waals surface area contributed by atoms with Crippen molar-refractivity contribution in [2.45, 2.75) is 25.8 Å². The van der Waals surface area contributed by atoms with Gasteiger partial charge in [0.1, 0.15) is 12.7 Å². The molecule has 6 heteroatoms. The van der Waals surface area contributed by atoms with E-state index in [0.717, 1.165) is 31.4 Å². The van der Waals surface area contributed by atoms with Crippen LogP contribution in [0, 0.1) is 10.1 Å². The van der Waals surface area contributed by atoms with E-state index in [4.69, 9.17) is 0 Å². The number of nitro groups is 1. The molecule has 0 fully saturated rings. The van der Waals surface area contributed by atoms with Crippen molar-refractivity contribution in [2.24, 2.45) is 0 Å². The predicted octanol–water partition coefficient (Wildman–Crippen LogP) is 3.07. The molecule has 2 rings (SSSR count). The quantitative estimate of drug-likeness (QED) is 0.441. The van der Waals surface area contributed by atoms with Crippen molar-refractivity contribution in [3.63, 3.8) is 0 Å². The number of nitrogens with zero attached hydrogens (tertiary/aromatic N) is 4. The standard InChI is InChI=1S/C14H16N4O2/c19-18(20)14-8-6-13(7-9-14)5-3-1-2-4-10-17-12-15-11-16-17/h3,5-9,11-12H,1-2,4,10H2/b5-3+. The summed E-state index contributed by atoms with van der Waals surface area (Å²) in [7, 11) is 0. The summed E-state index contributed by atoms with van der Waals surface area (Å²) >= 11 is 0. The van der Waals surface area contributed by atoms with Crippen molar-refractivity contribution in [3.05, 3.63) is 58.7 Å². The maximum atomic E-state index is 10.5. The predicted molar refractivity (Wildman–Crippen MR) is 76.0 cm³/mol. The molecule has 0 aliphatic rings. The first-order valence-electron chi connectivity index (χ1n) is 6.49. The molecule has 0 radical (unpaired) electrons. The molecular formula is C14H16N4O2. The molecule has 0 bridgehead atoms. The zero-order valence-corrected chi connectivity index (χ0v) is 11.1. The van der Waals surface area contributed by atoms with Gasteiger partial charge >= 0.3 is 0 Å². The molecule has 0 saturated carbocycles. The Bertz CT molecular complexity index is 561. The van der Waals surface area contributed by atoms with E-state index in [1.54, 1.807) is 18.5 Å². The second kappa shape index (κ2) is 7.18. The monoisotopic (exact) mass is 272 g/mol. The lowest BCUT2D eigenvalue weighted by atomic mass is 10.1. The molecule has 0 aliphatic heterocycles. The Morgan fingerprint density at radius 1 is 1.25 bits per heavy atom. The Kier molecular flexibility index (Phi) is 5.00. The van der Waals surface area contributed by atoms with E-state index in [0.29, 0.717) is 0 Å². The molecule has 1 heterocycles. The second-order valence-electron chi connectivity index (χ2n) is 4.41. The van der Waals surface area contributed by atoms with Crippen molar-refractivity contribution >= 4 is 11.8 Å². The number of allylic oxidation sites excluding steroid dienone is 1. The van der Waals surface area contributed by atoms with Gasteiger partial charge in [0.15, 0.2) is 0 Å². The fourth-order valence-corrected chi connectivity index (χ4v) is 1.81. The summed E-state index contributed by atoms with van der Waals surface area (Å²) in [6.45, 7) is 0.880. The third kappa shape index (κ3) is 4.31. The molecule has 0 amide bonds. The van der Waals surface area contributed by atoms with Crippen LogP contribution < -0.4 is 0 Å². The molecule has 6 nitrogen and oxygen atoms in total. The lowest BCUT2D eigenvalue weighted by molar-refractivity contribution is -0.384. The highest BCUT2D eigenvalue weighted by Crippen LogP contribution is 2.13. The average molecular weight is 272 g/mol. The minimum Gasteiger partial charge on any atom is -0.258 e. The number of unbranched alkanes of at least 4 members (excludes halogenated alkanes) is 2. The van der Waals surface area contributed by atoms with Crippen LogP contribution in [0.5, 0.6) is 0 Å². The number of aryl methyl sites for hydroxylation is 1. The fourth-order valence-electron chi connectivity index (χ4n) is 1.81. The topological polar surface area (TPSA) is 73.8 Å². The van der Waals surface area contributed by atoms with Crippen LogP contribution in [0.15, 0.2) is 43.0 Å². The van der Waals surface area contributed by atoms with Crippen molar-refractivity contribution in [1.82, 2.24) is 14.8 Å². The van der Waals surface area contributed by atoms with Crippen LogP contribution in [-0.4, -0.2) is 19.7 Å². The molecule has 1 aromatic heterocycles. The Hall–Kier alpha value is -2.50. The molecule has 0 unspecified atom stereocenters. The van der Waals surface area contributed by atoms with Crippen LogP contribution in [-0.2, 0) is 6.54 Å².